The first-order valence-corrected chi connectivity index (χ1v) is 6.91. The second-order valence-electron chi connectivity index (χ2n) is 3.87. The van der Waals surface area contributed by atoms with Crippen LogP contribution in [0.4, 0.5) is 11.6 Å². The van der Waals surface area contributed by atoms with Crippen molar-refractivity contribution in [3.63, 3.8) is 0 Å². The molecule has 1 aromatic rings. The number of rotatable bonds is 2. The van der Waals surface area contributed by atoms with Gasteiger partial charge in [-0.2, -0.15) is 11.8 Å². The Kier molecular flexibility index (Phi) is 3.88. The van der Waals surface area contributed by atoms with Gasteiger partial charge in [-0.05, 0) is 12.2 Å². The highest BCUT2D eigenvalue weighted by atomic mass is 32.2. The van der Waals surface area contributed by atoms with Crippen molar-refractivity contribution < 1.29 is 0 Å². The van der Waals surface area contributed by atoms with E-state index < -0.39 is 0 Å². The third-order valence-electron chi connectivity index (χ3n) is 2.64. The van der Waals surface area contributed by atoms with Crippen LogP contribution in [0.1, 0.15) is 19.2 Å². The van der Waals surface area contributed by atoms with Crippen LogP contribution in [0.25, 0.3) is 0 Å². The molecule has 0 atom stereocenters. The normalized spacial score (nSPS) is 17.2. The van der Waals surface area contributed by atoms with Gasteiger partial charge in [0.2, 0.25) is 0 Å². The molecule has 0 aliphatic carbocycles. The summed E-state index contributed by atoms with van der Waals surface area (Å²) in [7, 11) is 0. The summed E-state index contributed by atoms with van der Waals surface area (Å²) in [4.78, 5) is 11.1. The van der Waals surface area contributed by atoms with E-state index in [-0.39, 0.29) is 0 Å². The maximum Gasteiger partial charge on any atom is 0.134 e. The topological polar surface area (TPSA) is 55.0 Å². The fourth-order valence-corrected chi connectivity index (χ4v) is 2.69. The molecule has 4 nitrogen and oxygen atoms in total. The van der Waals surface area contributed by atoms with Crippen molar-refractivity contribution >= 4 is 23.4 Å². The summed E-state index contributed by atoms with van der Waals surface area (Å²) < 4.78 is 0. The minimum absolute atomic E-state index is 0.582. The highest BCUT2D eigenvalue weighted by Gasteiger charge is 2.12. The van der Waals surface area contributed by atoms with Gasteiger partial charge in [0, 0.05) is 31.3 Å². The highest BCUT2D eigenvalue weighted by Crippen LogP contribution is 2.18. The third-order valence-corrected chi connectivity index (χ3v) is 3.69. The lowest BCUT2D eigenvalue weighted by molar-refractivity contribution is 0.789. The zero-order chi connectivity index (χ0) is 11.4. The van der Waals surface area contributed by atoms with E-state index >= 15 is 0 Å². The van der Waals surface area contributed by atoms with E-state index in [0.717, 1.165) is 31.2 Å². The van der Waals surface area contributed by atoms with Crippen molar-refractivity contribution in [2.75, 3.05) is 35.2 Å². The molecule has 0 radical (unpaired) electrons. The summed E-state index contributed by atoms with van der Waals surface area (Å²) >= 11 is 2.01. The SMILES string of the molecule is CCc1nc(N)cc(N2CCCSCC2)n1. The Morgan fingerprint density at radius 2 is 2.25 bits per heavy atom. The van der Waals surface area contributed by atoms with Crippen molar-refractivity contribution in [2.45, 2.75) is 19.8 Å². The van der Waals surface area contributed by atoms with Gasteiger partial charge >= 0.3 is 0 Å². The van der Waals surface area contributed by atoms with Crippen LogP contribution in [0.15, 0.2) is 6.07 Å². The number of aryl methyl sites for hydroxylation is 1. The second kappa shape index (κ2) is 5.39. The predicted molar refractivity (Wildman–Crippen MR) is 70.0 cm³/mol. The largest absolute Gasteiger partial charge is 0.384 e. The van der Waals surface area contributed by atoms with Crippen LogP contribution < -0.4 is 10.6 Å². The molecule has 88 valence electrons. The molecule has 0 unspecified atom stereocenters. The Balaban J connectivity index is 2.20. The van der Waals surface area contributed by atoms with E-state index in [1.54, 1.807) is 0 Å². The minimum Gasteiger partial charge on any atom is -0.384 e. The van der Waals surface area contributed by atoms with Gasteiger partial charge in [0.05, 0.1) is 0 Å². The first kappa shape index (κ1) is 11.5. The van der Waals surface area contributed by atoms with Crippen molar-refractivity contribution in [3.05, 3.63) is 11.9 Å². The molecule has 0 bridgehead atoms. The monoisotopic (exact) mass is 238 g/mol. The smallest absolute Gasteiger partial charge is 0.134 e. The summed E-state index contributed by atoms with van der Waals surface area (Å²) in [6.45, 7) is 4.19. The van der Waals surface area contributed by atoms with Gasteiger partial charge in [0.1, 0.15) is 17.5 Å². The Labute approximate surface area is 101 Å². The zero-order valence-corrected chi connectivity index (χ0v) is 10.5. The number of hydrogen-bond donors (Lipinski definition) is 1. The number of nitrogen functional groups attached to an aromatic ring is 1. The molecule has 16 heavy (non-hydrogen) atoms. The molecule has 1 aliphatic rings. The molecule has 2 N–H and O–H groups in total. The molecule has 1 aromatic heterocycles. The van der Waals surface area contributed by atoms with Gasteiger partial charge in [-0.1, -0.05) is 6.92 Å². The van der Waals surface area contributed by atoms with Crippen LogP contribution in [0.2, 0.25) is 0 Å². The molecule has 0 saturated carbocycles. The molecular weight excluding hydrogens is 220 g/mol. The molecule has 0 spiro atoms. The molecule has 1 aliphatic heterocycles. The standard InChI is InChI=1S/C11H18N4S/c1-2-10-13-9(12)8-11(14-10)15-4-3-6-16-7-5-15/h8H,2-7H2,1H3,(H2,12,13,14). The number of nitrogens with zero attached hydrogens (tertiary/aromatic N) is 3. The van der Waals surface area contributed by atoms with Gasteiger partial charge in [-0.3, -0.25) is 0 Å². The Morgan fingerprint density at radius 1 is 1.38 bits per heavy atom. The average molecular weight is 238 g/mol. The molecule has 5 heteroatoms. The molecule has 1 saturated heterocycles. The second-order valence-corrected chi connectivity index (χ2v) is 5.10. The Bertz CT molecular complexity index is 348. The number of thioether (sulfide) groups is 1. The zero-order valence-electron chi connectivity index (χ0n) is 9.65. The summed E-state index contributed by atoms with van der Waals surface area (Å²) in [6.07, 6.45) is 2.05. The van der Waals surface area contributed by atoms with Crippen molar-refractivity contribution in [2.24, 2.45) is 0 Å². The van der Waals surface area contributed by atoms with Crippen molar-refractivity contribution in [1.29, 1.82) is 0 Å². The minimum atomic E-state index is 0.582. The third kappa shape index (κ3) is 2.78. The highest BCUT2D eigenvalue weighted by molar-refractivity contribution is 7.99. The quantitative estimate of drug-likeness (QED) is 0.847. The summed E-state index contributed by atoms with van der Waals surface area (Å²) in [5.74, 6) is 4.83. The van der Waals surface area contributed by atoms with Crippen molar-refractivity contribution in [1.82, 2.24) is 9.97 Å². The predicted octanol–water partition coefficient (Wildman–Crippen LogP) is 1.56. The molecule has 2 heterocycles. The Hall–Kier alpha value is -0.970. The van der Waals surface area contributed by atoms with E-state index in [1.807, 2.05) is 17.8 Å². The molecular formula is C11H18N4S. The summed E-state index contributed by atoms with van der Waals surface area (Å²) in [5.41, 5.74) is 5.80. The van der Waals surface area contributed by atoms with Crippen molar-refractivity contribution in [3.8, 4) is 0 Å². The molecule has 2 rings (SSSR count). The van der Waals surface area contributed by atoms with Crippen LogP contribution in [0, 0.1) is 0 Å². The maximum absolute atomic E-state index is 5.80. The van der Waals surface area contributed by atoms with Gasteiger partial charge in [-0.15, -0.1) is 0 Å². The van der Waals surface area contributed by atoms with E-state index in [4.69, 9.17) is 5.73 Å². The number of nitrogens with two attached hydrogens (primary N) is 1. The van der Waals surface area contributed by atoms with E-state index in [0.29, 0.717) is 5.82 Å². The number of anilines is 2. The van der Waals surface area contributed by atoms with Crippen LogP contribution >= 0.6 is 11.8 Å². The van der Waals surface area contributed by atoms with Gasteiger partial charge in [0.15, 0.2) is 0 Å². The number of aromatic nitrogens is 2. The van der Waals surface area contributed by atoms with E-state index in [2.05, 4.69) is 21.8 Å². The lowest BCUT2D eigenvalue weighted by Gasteiger charge is -2.21. The fourth-order valence-electron chi connectivity index (χ4n) is 1.80. The van der Waals surface area contributed by atoms with E-state index in [9.17, 15) is 0 Å². The molecule has 0 amide bonds. The molecule has 0 aromatic carbocycles. The van der Waals surface area contributed by atoms with Gasteiger partial charge in [0.25, 0.3) is 0 Å². The Morgan fingerprint density at radius 3 is 3.06 bits per heavy atom. The lowest BCUT2D eigenvalue weighted by atomic mass is 10.3. The van der Waals surface area contributed by atoms with Crippen LogP contribution in [0.3, 0.4) is 0 Å². The van der Waals surface area contributed by atoms with Crippen LogP contribution in [0.5, 0.6) is 0 Å². The van der Waals surface area contributed by atoms with Gasteiger partial charge < -0.3 is 10.6 Å². The van der Waals surface area contributed by atoms with Crippen LogP contribution in [-0.2, 0) is 6.42 Å². The number of hydrogen-bond acceptors (Lipinski definition) is 5. The fraction of sp³-hybridized carbons (Fsp3) is 0.636. The first-order valence-electron chi connectivity index (χ1n) is 5.75. The van der Waals surface area contributed by atoms with E-state index in [1.165, 1.54) is 17.9 Å². The summed E-state index contributed by atoms with van der Waals surface area (Å²) in [5, 5.41) is 0. The average Bonchev–Trinajstić information content (AvgIpc) is 2.56. The summed E-state index contributed by atoms with van der Waals surface area (Å²) in [6, 6.07) is 1.88. The first-order chi connectivity index (χ1) is 7.79. The maximum atomic E-state index is 5.80. The van der Waals surface area contributed by atoms with Crippen LogP contribution in [-0.4, -0.2) is 34.6 Å². The molecule has 1 fully saturated rings. The lowest BCUT2D eigenvalue weighted by Crippen LogP contribution is -2.27. The van der Waals surface area contributed by atoms with Gasteiger partial charge in [-0.25, -0.2) is 9.97 Å².